The number of hydrogen-bond acceptors (Lipinski definition) is 5. The lowest BCUT2D eigenvalue weighted by atomic mass is 10.2. The highest BCUT2D eigenvalue weighted by atomic mass is 32.2. The maximum absolute atomic E-state index is 12.9. The molecule has 0 radical (unpaired) electrons. The van der Waals surface area contributed by atoms with Crippen molar-refractivity contribution >= 4 is 35.9 Å². The third-order valence-corrected chi connectivity index (χ3v) is 4.55. The quantitative estimate of drug-likeness (QED) is 0.674. The summed E-state index contributed by atoms with van der Waals surface area (Å²) in [5.41, 5.74) is 0.825. The van der Waals surface area contributed by atoms with Gasteiger partial charge in [-0.15, -0.1) is 5.10 Å². The van der Waals surface area contributed by atoms with Gasteiger partial charge in [0.25, 0.3) is 0 Å². The maximum Gasteiger partial charge on any atom is 0.321 e. The molecule has 1 fully saturated rings. The highest BCUT2D eigenvalue weighted by Gasteiger charge is 2.25. The Kier molecular flexibility index (Phi) is 5.67. The van der Waals surface area contributed by atoms with Crippen LogP contribution in [0.5, 0.6) is 0 Å². The number of imide groups is 1. The molecule has 1 atom stereocenters. The highest BCUT2D eigenvalue weighted by molar-refractivity contribution is 8.00. The van der Waals surface area contributed by atoms with Gasteiger partial charge >= 0.3 is 6.03 Å². The van der Waals surface area contributed by atoms with Crippen molar-refractivity contribution in [3.8, 4) is 0 Å². The molecule has 136 valence electrons. The first kappa shape index (κ1) is 18.1. The van der Waals surface area contributed by atoms with Crippen molar-refractivity contribution < 1.29 is 14.0 Å². The third kappa shape index (κ3) is 5.41. The van der Waals surface area contributed by atoms with E-state index in [9.17, 15) is 14.0 Å². The number of aromatic amines is 1. The number of H-pyrrole nitrogens is 1. The van der Waals surface area contributed by atoms with Crippen LogP contribution in [0.25, 0.3) is 12.2 Å². The second kappa shape index (κ2) is 8.13. The molecule has 26 heavy (non-hydrogen) atoms. The SMILES string of the molecule is CC(Sc1n[nH]c(C=Cc2ccc(F)cc2)n1)C(=O)NC(=O)NC1CC1. The molecular formula is C17H18FN5O2S. The van der Waals surface area contributed by atoms with Crippen LogP contribution in [0.15, 0.2) is 29.4 Å². The Morgan fingerprint density at radius 3 is 2.73 bits per heavy atom. The van der Waals surface area contributed by atoms with Crippen LogP contribution in [0.4, 0.5) is 9.18 Å². The summed E-state index contributed by atoms with van der Waals surface area (Å²) in [6, 6.07) is 5.77. The van der Waals surface area contributed by atoms with Gasteiger partial charge in [-0.2, -0.15) is 0 Å². The van der Waals surface area contributed by atoms with Crippen LogP contribution in [0, 0.1) is 5.82 Å². The average Bonchev–Trinajstić information content (AvgIpc) is 3.30. The van der Waals surface area contributed by atoms with E-state index in [4.69, 9.17) is 0 Å². The number of carbonyl (C=O) groups excluding carboxylic acids is 2. The number of hydrogen-bond donors (Lipinski definition) is 3. The largest absolute Gasteiger partial charge is 0.335 e. The van der Waals surface area contributed by atoms with Crippen LogP contribution in [0.3, 0.4) is 0 Å². The van der Waals surface area contributed by atoms with Crippen molar-refractivity contribution in [2.75, 3.05) is 0 Å². The number of carbonyl (C=O) groups is 2. The zero-order valence-corrected chi connectivity index (χ0v) is 14.8. The van der Waals surface area contributed by atoms with Crippen LogP contribution in [-0.2, 0) is 4.79 Å². The van der Waals surface area contributed by atoms with Crippen LogP contribution >= 0.6 is 11.8 Å². The summed E-state index contributed by atoms with van der Waals surface area (Å²) in [6.07, 6.45) is 5.39. The van der Waals surface area contributed by atoms with E-state index in [0.717, 1.165) is 30.2 Å². The fourth-order valence-corrected chi connectivity index (χ4v) is 2.74. The van der Waals surface area contributed by atoms with Gasteiger partial charge in [0.1, 0.15) is 11.6 Å². The molecule has 9 heteroatoms. The molecule has 0 aliphatic heterocycles. The van der Waals surface area contributed by atoms with Crippen molar-refractivity contribution in [3.63, 3.8) is 0 Å². The van der Waals surface area contributed by atoms with Crippen molar-refractivity contribution in [1.82, 2.24) is 25.8 Å². The Morgan fingerprint density at radius 1 is 1.31 bits per heavy atom. The normalized spacial score (nSPS) is 15.0. The summed E-state index contributed by atoms with van der Waals surface area (Å²) >= 11 is 1.14. The second-order valence-corrected chi connectivity index (χ2v) is 7.19. The first-order chi connectivity index (χ1) is 12.5. The number of nitrogens with zero attached hydrogens (tertiary/aromatic N) is 2. The van der Waals surface area contributed by atoms with Crippen LogP contribution in [0.2, 0.25) is 0 Å². The Bertz CT molecular complexity index is 817. The molecule has 0 bridgehead atoms. The number of amides is 3. The molecule has 7 nitrogen and oxygen atoms in total. The van der Waals surface area contributed by atoms with E-state index in [1.807, 2.05) is 0 Å². The Hall–Kier alpha value is -2.68. The van der Waals surface area contributed by atoms with E-state index in [0.29, 0.717) is 11.0 Å². The molecule has 0 spiro atoms. The predicted octanol–water partition coefficient (Wildman–Crippen LogP) is 2.58. The van der Waals surface area contributed by atoms with E-state index in [-0.39, 0.29) is 11.9 Å². The Balaban J connectivity index is 1.51. The number of halogens is 1. The zero-order valence-electron chi connectivity index (χ0n) is 14.0. The lowest BCUT2D eigenvalue weighted by molar-refractivity contribution is -0.119. The van der Waals surface area contributed by atoms with Gasteiger partial charge in [0.2, 0.25) is 11.1 Å². The molecule has 1 heterocycles. The van der Waals surface area contributed by atoms with E-state index in [1.54, 1.807) is 31.2 Å². The van der Waals surface area contributed by atoms with E-state index in [1.165, 1.54) is 12.1 Å². The van der Waals surface area contributed by atoms with Gasteiger partial charge in [-0.3, -0.25) is 15.2 Å². The summed E-state index contributed by atoms with van der Waals surface area (Å²) in [6.45, 7) is 1.68. The summed E-state index contributed by atoms with van der Waals surface area (Å²) in [7, 11) is 0. The van der Waals surface area contributed by atoms with E-state index < -0.39 is 17.2 Å². The van der Waals surface area contributed by atoms with Gasteiger partial charge in [-0.05, 0) is 43.5 Å². The molecular weight excluding hydrogens is 357 g/mol. The fraction of sp³-hybridized carbons (Fsp3) is 0.294. The van der Waals surface area contributed by atoms with Gasteiger partial charge in [0.05, 0.1) is 5.25 Å². The van der Waals surface area contributed by atoms with Gasteiger partial charge in [0, 0.05) is 6.04 Å². The number of thioether (sulfide) groups is 1. The summed E-state index contributed by atoms with van der Waals surface area (Å²) in [5.74, 6) is -0.184. The molecule has 1 aromatic heterocycles. The molecule has 3 amide bonds. The van der Waals surface area contributed by atoms with Crippen LogP contribution < -0.4 is 10.6 Å². The van der Waals surface area contributed by atoms with Crippen LogP contribution in [0.1, 0.15) is 31.2 Å². The highest BCUT2D eigenvalue weighted by Crippen LogP contribution is 2.20. The van der Waals surface area contributed by atoms with Gasteiger partial charge in [0.15, 0.2) is 0 Å². The molecule has 3 rings (SSSR count). The minimum Gasteiger partial charge on any atom is -0.335 e. The number of aromatic nitrogens is 3. The van der Waals surface area contributed by atoms with Gasteiger partial charge in [-0.25, -0.2) is 14.2 Å². The predicted molar refractivity (Wildman–Crippen MR) is 96.7 cm³/mol. The lowest BCUT2D eigenvalue weighted by Gasteiger charge is -2.09. The Labute approximate surface area is 153 Å². The topological polar surface area (TPSA) is 99.8 Å². The number of rotatable bonds is 6. The average molecular weight is 375 g/mol. The molecule has 1 aliphatic carbocycles. The summed E-state index contributed by atoms with van der Waals surface area (Å²) < 4.78 is 12.9. The first-order valence-corrected chi connectivity index (χ1v) is 9.01. The summed E-state index contributed by atoms with van der Waals surface area (Å²) in [4.78, 5) is 27.8. The van der Waals surface area contributed by atoms with Crippen LogP contribution in [-0.4, -0.2) is 38.4 Å². The van der Waals surface area contributed by atoms with E-state index >= 15 is 0 Å². The van der Waals surface area contributed by atoms with Gasteiger partial charge < -0.3 is 5.32 Å². The molecule has 2 aromatic rings. The minimum absolute atomic E-state index is 0.189. The molecule has 1 unspecified atom stereocenters. The number of nitrogens with one attached hydrogen (secondary N) is 3. The monoisotopic (exact) mass is 375 g/mol. The molecule has 1 saturated carbocycles. The van der Waals surface area contributed by atoms with Crippen molar-refractivity contribution in [2.45, 2.75) is 36.2 Å². The fourth-order valence-electron chi connectivity index (χ4n) is 2.01. The number of benzene rings is 1. The lowest BCUT2D eigenvalue weighted by Crippen LogP contribution is -2.43. The minimum atomic E-state index is -0.523. The van der Waals surface area contributed by atoms with Crippen molar-refractivity contribution in [2.24, 2.45) is 0 Å². The second-order valence-electron chi connectivity index (χ2n) is 5.89. The first-order valence-electron chi connectivity index (χ1n) is 8.13. The number of urea groups is 1. The van der Waals surface area contributed by atoms with E-state index in [2.05, 4.69) is 25.8 Å². The van der Waals surface area contributed by atoms with Gasteiger partial charge in [-0.1, -0.05) is 30.0 Å². The molecule has 1 aliphatic rings. The Morgan fingerprint density at radius 2 is 2.04 bits per heavy atom. The van der Waals surface area contributed by atoms with Crippen molar-refractivity contribution in [1.29, 1.82) is 0 Å². The molecule has 0 saturated heterocycles. The maximum atomic E-state index is 12.9. The third-order valence-electron chi connectivity index (χ3n) is 3.59. The molecule has 1 aromatic carbocycles. The van der Waals surface area contributed by atoms with Crippen molar-refractivity contribution in [3.05, 3.63) is 41.5 Å². The zero-order chi connectivity index (χ0) is 18.5. The summed E-state index contributed by atoms with van der Waals surface area (Å²) in [5, 5.41) is 11.7. The standard InChI is InChI=1S/C17H18FN5O2S/c1-10(15(24)21-16(25)19-13-7-8-13)26-17-20-14(22-23-17)9-4-11-2-5-12(18)6-3-11/h2-6,9-10,13H,7-8H2,1H3,(H,20,22,23)(H2,19,21,24,25). The molecule has 3 N–H and O–H groups in total. The smallest absolute Gasteiger partial charge is 0.321 e.